The van der Waals surface area contributed by atoms with Crippen LogP contribution in [0.3, 0.4) is 0 Å². The van der Waals surface area contributed by atoms with Gasteiger partial charge in [-0.2, -0.15) is 0 Å². The Kier molecular flexibility index (Phi) is 7.02. The number of rotatable bonds is 8. The highest BCUT2D eigenvalue weighted by Gasteiger charge is 2.24. The van der Waals surface area contributed by atoms with E-state index >= 15 is 0 Å². The summed E-state index contributed by atoms with van der Waals surface area (Å²) in [4.78, 5) is 26.1. The van der Waals surface area contributed by atoms with Gasteiger partial charge in [0.25, 0.3) is 0 Å². The van der Waals surface area contributed by atoms with Gasteiger partial charge in [-0.1, -0.05) is 0 Å². The van der Waals surface area contributed by atoms with E-state index in [1.807, 2.05) is 0 Å². The van der Waals surface area contributed by atoms with Gasteiger partial charge < -0.3 is 29.2 Å². The maximum atomic E-state index is 12.4. The number of ether oxygens (including phenoxy) is 4. The first-order valence-corrected chi connectivity index (χ1v) is 9.78. The van der Waals surface area contributed by atoms with Crippen LogP contribution in [0.2, 0.25) is 0 Å². The van der Waals surface area contributed by atoms with Crippen LogP contribution < -0.4 is 29.2 Å². The zero-order chi connectivity index (χ0) is 22.4. The number of hydrogen-bond donors (Lipinski definition) is 1. The van der Waals surface area contributed by atoms with E-state index in [2.05, 4.69) is 5.32 Å². The Hall–Kier alpha value is -3.68. The molecule has 2 amide bonds. The Labute approximate surface area is 181 Å². The van der Waals surface area contributed by atoms with Gasteiger partial charge in [0.15, 0.2) is 11.5 Å². The number of hydrogen-bond acceptors (Lipinski definition) is 6. The average molecular weight is 426 g/mol. The lowest BCUT2D eigenvalue weighted by Gasteiger charge is -2.19. The second-order valence-corrected chi connectivity index (χ2v) is 6.82. The molecule has 1 fully saturated rings. The second kappa shape index (κ2) is 9.88. The van der Waals surface area contributed by atoms with Crippen LogP contribution in [0.4, 0.5) is 11.4 Å². The van der Waals surface area contributed by atoms with Crippen molar-refractivity contribution in [2.24, 2.45) is 0 Å². The van der Waals surface area contributed by atoms with Gasteiger partial charge in [0.2, 0.25) is 17.6 Å². The molecule has 1 aliphatic rings. The molecule has 0 aliphatic carbocycles. The Balaban J connectivity index is 1.75. The van der Waals surface area contributed by atoms with Gasteiger partial charge in [0.05, 0.1) is 34.1 Å². The maximum absolute atomic E-state index is 12.4. The summed E-state index contributed by atoms with van der Waals surface area (Å²) in [7, 11) is 6.13. The number of anilines is 2. The van der Waals surface area contributed by atoms with E-state index in [-0.39, 0.29) is 11.8 Å². The minimum absolute atomic E-state index is 0.0726. The zero-order valence-electron chi connectivity index (χ0n) is 18.1. The quantitative estimate of drug-likeness (QED) is 0.651. The molecule has 0 atom stereocenters. The molecule has 1 aliphatic heterocycles. The van der Waals surface area contributed by atoms with E-state index in [9.17, 15) is 9.59 Å². The van der Waals surface area contributed by atoms with Crippen LogP contribution in [0.15, 0.2) is 36.4 Å². The van der Waals surface area contributed by atoms with E-state index < -0.39 is 0 Å². The molecule has 2 aromatic rings. The molecule has 164 valence electrons. The van der Waals surface area contributed by atoms with Gasteiger partial charge >= 0.3 is 0 Å². The van der Waals surface area contributed by atoms with Crippen LogP contribution in [-0.4, -0.2) is 46.8 Å². The van der Waals surface area contributed by atoms with Crippen LogP contribution >= 0.6 is 0 Å². The van der Waals surface area contributed by atoms with Gasteiger partial charge in [-0.3, -0.25) is 9.59 Å². The summed E-state index contributed by atoms with van der Waals surface area (Å²) < 4.78 is 21.4. The molecule has 0 unspecified atom stereocenters. The van der Waals surface area contributed by atoms with E-state index in [1.165, 1.54) is 34.5 Å². The number of methoxy groups -OCH3 is 4. The van der Waals surface area contributed by atoms with Gasteiger partial charge in [0, 0.05) is 30.8 Å². The molecular formula is C23H26N2O6. The van der Waals surface area contributed by atoms with Crippen molar-refractivity contribution >= 4 is 29.3 Å². The first-order valence-electron chi connectivity index (χ1n) is 9.78. The van der Waals surface area contributed by atoms with Crippen molar-refractivity contribution in [1.82, 2.24) is 0 Å². The minimum Gasteiger partial charge on any atom is -0.494 e. The van der Waals surface area contributed by atoms with Gasteiger partial charge in [-0.15, -0.1) is 0 Å². The molecule has 0 saturated carbocycles. The number of nitrogens with zero attached hydrogens (tertiary/aromatic N) is 1. The van der Waals surface area contributed by atoms with Crippen LogP contribution in [0.5, 0.6) is 23.0 Å². The highest BCUT2D eigenvalue weighted by Crippen LogP contribution is 2.38. The van der Waals surface area contributed by atoms with Crippen molar-refractivity contribution in [1.29, 1.82) is 0 Å². The van der Waals surface area contributed by atoms with E-state index in [0.29, 0.717) is 52.9 Å². The summed E-state index contributed by atoms with van der Waals surface area (Å²) in [5.74, 6) is 1.76. The molecule has 0 radical (unpaired) electrons. The smallest absolute Gasteiger partial charge is 0.248 e. The second-order valence-electron chi connectivity index (χ2n) is 6.82. The summed E-state index contributed by atoms with van der Waals surface area (Å²) in [6, 6.07) is 8.72. The molecule has 0 aromatic heterocycles. The summed E-state index contributed by atoms with van der Waals surface area (Å²) in [6.45, 7) is 0.665. The Morgan fingerprint density at radius 2 is 1.65 bits per heavy atom. The number of amides is 2. The number of carbonyl (C=O) groups is 2. The molecule has 2 aromatic carbocycles. The average Bonchev–Trinajstić information content (AvgIpc) is 3.22. The Bertz CT molecular complexity index is 977. The predicted molar refractivity (Wildman–Crippen MR) is 118 cm³/mol. The Morgan fingerprint density at radius 3 is 2.19 bits per heavy atom. The summed E-state index contributed by atoms with van der Waals surface area (Å²) in [6.07, 6.45) is 4.42. The maximum Gasteiger partial charge on any atom is 0.248 e. The third-order valence-corrected chi connectivity index (χ3v) is 4.93. The monoisotopic (exact) mass is 426 g/mol. The van der Waals surface area contributed by atoms with E-state index in [0.717, 1.165) is 6.42 Å². The lowest BCUT2D eigenvalue weighted by molar-refractivity contribution is -0.117. The first-order chi connectivity index (χ1) is 15.0. The van der Waals surface area contributed by atoms with Crippen LogP contribution in [-0.2, 0) is 9.59 Å². The van der Waals surface area contributed by atoms with Crippen molar-refractivity contribution < 1.29 is 28.5 Å². The molecular weight excluding hydrogens is 400 g/mol. The standard InChI is InChI=1S/C23H26N2O6/c1-28-18-14-16(8-9-17(18)25-11-5-6-22(25)27)24-21(26)10-7-15-12-19(29-2)23(31-4)20(13-15)30-3/h7-10,12-14H,5-6,11H2,1-4H3,(H,24,26)/b10-7+. The normalized spacial score (nSPS) is 13.4. The first kappa shape index (κ1) is 22.0. The number of carbonyl (C=O) groups excluding carboxylic acids is 2. The summed E-state index contributed by atoms with van der Waals surface area (Å²) in [5, 5.41) is 2.80. The fourth-order valence-electron chi connectivity index (χ4n) is 3.43. The fraction of sp³-hybridized carbons (Fsp3) is 0.304. The Morgan fingerprint density at radius 1 is 0.968 bits per heavy atom. The molecule has 8 heteroatoms. The minimum atomic E-state index is -0.319. The zero-order valence-corrected chi connectivity index (χ0v) is 18.1. The third-order valence-electron chi connectivity index (χ3n) is 4.93. The van der Waals surface area contributed by atoms with Crippen molar-refractivity contribution in [3.8, 4) is 23.0 Å². The largest absolute Gasteiger partial charge is 0.494 e. The van der Waals surface area contributed by atoms with Gasteiger partial charge in [-0.25, -0.2) is 0 Å². The highest BCUT2D eigenvalue weighted by atomic mass is 16.5. The molecule has 3 rings (SSSR count). The van der Waals surface area contributed by atoms with Gasteiger partial charge in [-0.05, 0) is 42.3 Å². The SMILES string of the molecule is COc1cc(NC(=O)/C=C/c2cc(OC)c(OC)c(OC)c2)ccc1N1CCCC1=O. The molecule has 0 spiro atoms. The number of benzene rings is 2. The van der Waals surface area contributed by atoms with Crippen molar-refractivity contribution in [2.75, 3.05) is 45.2 Å². The van der Waals surface area contributed by atoms with Crippen LogP contribution in [0, 0.1) is 0 Å². The molecule has 1 heterocycles. The van der Waals surface area contributed by atoms with E-state index in [4.69, 9.17) is 18.9 Å². The highest BCUT2D eigenvalue weighted by molar-refractivity contribution is 6.03. The molecule has 0 bridgehead atoms. The fourth-order valence-corrected chi connectivity index (χ4v) is 3.43. The molecule has 8 nitrogen and oxygen atoms in total. The number of nitrogens with one attached hydrogen (secondary N) is 1. The third kappa shape index (κ3) is 4.91. The molecule has 1 saturated heterocycles. The van der Waals surface area contributed by atoms with Crippen molar-refractivity contribution in [3.63, 3.8) is 0 Å². The van der Waals surface area contributed by atoms with Crippen LogP contribution in [0.1, 0.15) is 18.4 Å². The topological polar surface area (TPSA) is 86.3 Å². The summed E-state index contributed by atoms with van der Waals surface area (Å²) in [5.41, 5.74) is 1.98. The van der Waals surface area contributed by atoms with Crippen molar-refractivity contribution in [2.45, 2.75) is 12.8 Å². The molecule has 31 heavy (non-hydrogen) atoms. The summed E-state index contributed by atoms with van der Waals surface area (Å²) >= 11 is 0. The lowest BCUT2D eigenvalue weighted by Crippen LogP contribution is -2.24. The predicted octanol–water partition coefficient (Wildman–Crippen LogP) is 3.50. The lowest BCUT2D eigenvalue weighted by atomic mass is 10.1. The molecule has 1 N–H and O–H groups in total. The van der Waals surface area contributed by atoms with Crippen LogP contribution in [0.25, 0.3) is 6.08 Å². The van der Waals surface area contributed by atoms with Gasteiger partial charge in [0.1, 0.15) is 5.75 Å². The van der Waals surface area contributed by atoms with E-state index in [1.54, 1.807) is 41.3 Å². The van der Waals surface area contributed by atoms with Crippen molar-refractivity contribution in [3.05, 3.63) is 42.0 Å².